The summed E-state index contributed by atoms with van der Waals surface area (Å²) in [7, 11) is -3.68. The Hall–Kier alpha value is -1.49. The Balaban J connectivity index is 2.36. The number of imidazole rings is 1. The Kier molecular flexibility index (Phi) is 2.41. The predicted molar refractivity (Wildman–Crippen MR) is 65.1 cm³/mol. The molecule has 1 aromatic carbocycles. The summed E-state index contributed by atoms with van der Waals surface area (Å²) in [6.45, 7) is 0. The van der Waals surface area contributed by atoms with Crippen LogP contribution in [0.3, 0.4) is 0 Å². The van der Waals surface area contributed by atoms with Gasteiger partial charge >= 0.3 is 0 Å². The van der Waals surface area contributed by atoms with Crippen LogP contribution in [-0.4, -0.2) is 17.4 Å². The maximum Gasteiger partial charge on any atom is 0.270 e. The third-order valence-electron chi connectivity index (χ3n) is 2.47. The van der Waals surface area contributed by atoms with Crippen molar-refractivity contribution in [1.82, 2.24) is 8.96 Å². The first kappa shape index (κ1) is 11.6. The van der Waals surface area contributed by atoms with E-state index in [0.29, 0.717) is 10.1 Å². The number of nitriles is 1. The molecule has 3 rings (SSSR count). The van der Waals surface area contributed by atoms with Gasteiger partial charge in [-0.25, -0.2) is 17.4 Å². The van der Waals surface area contributed by atoms with Crippen LogP contribution < -0.4 is 0 Å². The van der Waals surface area contributed by atoms with E-state index in [1.807, 2.05) is 6.07 Å². The molecule has 0 aliphatic carbocycles. The van der Waals surface area contributed by atoms with Crippen molar-refractivity contribution in [1.29, 1.82) is 5.26 Å². The highest BCUT2D eigenvalue weighted by molar-refractivity contribution is 8.01. The Morgan fingerprint density at radius 1 is 1.44 bits per heavy atom. The molecule has 0 radical (unpaired) electrons. The third-order valence-corrected chi connectivity index (χ3v) is 5.77. The highest BCUT2D eigenvalue weighted by Crippen LogP contribution is 2.41. The second-order valence-electron chi connectivity index (χ2n) is 3.50. The minimum atomic E-state index is -3.68. The van der Waals surface area contributed by atoms with Crippen LogP contribution in [0.25, 0.3) is 0 Å². The largest absolute Gasteiger partial charge is 0.270 e. The van der Waals surface area contributed by atoms with Crippen LogP contribution in [-0.2, 0) is 10.0 Å². The van der Waals surface area contributed by atoms with Crippen molar-refractivity contribution >= 4 is 33.4 Å². The van der Waals surface area contributed by atoms with E-state index >= 15 is 0 Å². The van der Waals surface area contributed by atoms with Gasteiger partial charge in [0.25, 0.3) is 10.0 Å². The van der Waals surface area contributed by atoms with E-state index in [9.17, 15) is 8.42 Å². The smallest absolute Gasteiger partial charge is 0.230 e. The number of fused-ring (bicyclic) bond motifs is 2. The molecule has 18 heavy (non-hydrogen) atoms. The van der Waals surface area contributed by atoms with Crippen molar-refractivity contribution in [3.63, 3.8) is 0 Å². The van der Waals surface area contributed by atoms with Crippen molar-refractivity contribution in [2.24, 2.45) is 0 Å². The van der Waals surface area contributed by atoms with E-state index in [1.165, 1.54) is 36.3 Å². The maximum absolute atomic E-state index is 12.3. The third kappa shape index (κ3) is 1.47. The van der Waals surface area contributed by atoms with Crippen LogP contribution in [0.4, 0.5) is 0 Å². The van der Waals surface area contributed by atoms with Gasteiger partial charge in [0.1, 0.15) is 11.0 Å². The molecular formula is C10H4ClN3O2S2. The van der Waals surface area contributed by atoms with Gasteiger partial charge in [-0.05, 0) is 23.9 Å². The fourth-order valence-electron chi connectivity index (χ4n) is 1.64. The standard InChI is InChI=1S/C10H4ClN3O2S2/c11-7-4-8-9(3-6(7)5-12)18(15,16)14-2-1-13-10(14)17-8/h1-4H. The van der Waals surface area contributed by atoms with Crippen molar-refractivity contribution < 1.29 is 8.42 Å². The van der Waals surface area contributed by atoms with Gasteiger partial charge in [0, 0.05) is 17.3 Å². The second-order valence-corrected chi connectivity index (χ2v) is 6.70. The van der Waals surface area contributed by atoms with Crippen LogP contribution >= 0.6 is 23.4 Å². The summed E-state index contributed by atoms with van der Waals surface area (Å²) in [5.74, 6) is 0. The van der Waals surface area contributed by atoms with Crippen molar-refractivity contribution in [2.75, 3.05) is 0 Å². The number of aromatic nitrogens is 2. The SMILES string of the molecule is N#Cc1cc2c(cc1Cl)Sc1nccn1S2(=O)=O. The maximum atomic E-state index is 12.3. The van der Waals surface area contributed by atoms with Gasteiger partial charge in [-0.3, -0.25) is 0 Å². The number of halogens is 1. The predicted octanol–water partition coefficient (Wildman–Crippen LogP) is 2.11. The lowest BCUT2D eigenvalue weighted by Crippen LogP contribution is -2.17. The molecule has 0 spiro atoms. The normalized spacial score (nSPS) is 15.6. The van der Waals surface area contributed by atoms with Gasteiger partial charge in [-0.1, -0.05) is 11.6 Å². The van der Waals surface area contributed by atoms with Crippen molar-refractivity contribution in [3.05, 3.63) is 35.1 Å². The van der Waals surface area contributed by atoms with E-state index in [2.05, 4.69) is 4.98 Å². The molecule has 0 atom stereocenters. The van der Waals surface area contributed by atoms with E-state index in [-0.39, 0.29) is 15.5 Å². The monoisotopic (exact) mass is 297 g/mol. The van der Waals surface area contributed by atoms with Crippen LogP contribution in [0.15, 0.2) is 39.5 Å². The molecule has 0 N–H and O–H groups in total. The molecule has 1 aliphatic rings. The van der Waals surface area contributed by atoms with Gasteiger partial charge in [-0.15, -0.1) is 0 Å². The molecule has 5 nitrogen and oxygen atoms in total. The summed E-state index contributed by atoms with van der Waals surface area (Å²) >= 11 is 7.10. The van der Waals surface area contributed by atoms with Crippen molar-refractivity contribution in [2.45, 2.75) is 14.9 Å². The van der Waals surface area contributed by atoms with Gasteiger partial charge < -0.3 is 0 Å². The number of benzene rings is 1. The topological polar surface area (TPSA) is 75.8 Å². The zero-order chi connectivity index (χ0) is 12.9. The summed E-state index contributed by atoms with van der Waals surface area (Å²) in [6, 6.07) is 4.65. The summed E-state index contributed by atoms with van der Waals surface area (Å²) in [6.07, 6.45) is 2.79. The average molecular weight is 298 g/mol. The Morgan fingerprint density at radius 2 is 2.22 bits per heavy atom. The Morgan fingerprint density at radius 3 is 2.94 bits per heavy atom. The Bertz CT molecular complexity index is 805. The highest BCUT2D eigenvalue weighted by atomic mass is 35.5. The zero-order valence-electron chi connectivity index (χ0n) is 8.66. The summed E-state index contributed by atoms with van der Waals surface area (Å²) in [4.78, 5) is 4.53. The lowest BCUT2D eigenvalue weighted by atomic mass is 10.2. The number of hydrogen-bond donors (Lipinski definition) is 0. The quantitative estimate of drug-likeness (QED) is 0.635. The molecule has 0 unspecified atom stereocenters. The van der Waals surface area contributed by atoms with Crippen LogP contribution in [0, 0.1) is 11.3 Å². The van der Waals surface area contributed by atoms with Crippen LogP contribution in [0.2, 0.25) is 5.02 Å². The lowest BCUT2D eigenvalue weighted by Gasteiger charge is -2.18. The average Bonchev–Trinajstić information content (AvgIpc) is 2.77. The molecule has 90 valence electrons. The van der Waals surface area contributed by atoms with Crippen LogP contribution in [0.5, 0.6) is 0 Å². The summed E-state index contributed by atoms with van der Waals surface area (Å²) in [5.41, 5.74) is 0.142. The van der Waals surface area contributed by atoms with E-state index in [1.54, 1.807) is 0 Å². The minimum Gasteiger partial charge on any atom is -0.230 e. The van der Waals surface area contributed by atoms with Gasteiger partial charge in [0.2, 0.25) is 0 Å². The second kappa shape index (κ2) is 3.75. The summed E-state index contributed by atoms with van der Waals surface area (Å²) in [5, 5.41) is 9.49. The number of nitrogens with zero attached hydrogens (tertiary/aromatic N) is 3. The molecule has 2 heterocycles. The zero-order valence-corrected chi connectivity index (χ0v) is 11.1. The van der Waals surface area contributed by atoms with E-state index < -0.39 is 10.0 Å². The molecule has 2 aromatic rings. The van der Waals surface area contributed by atoms with E-state index in [4.69, 9.17) is 16.9 Å². The molecule has 0 amide bonds. The van der Waals surface area contributed by atoms with Crippen LogP contribution in [0.1, 0.15) is 5.56 Å². The molecule has 0 saturated heterocycles. The first-order valence-corrected chi connectivity index (χ1v) is 7.38. The first-order valence-electron chi connectivity index (χ1n) is 4.74. The molecule has 1 aliphatic heterocycles. The van der Waals surface area contributed by atoms with Gasteiger partial charge in [0.05, 0.1) is 10.6 Å². The lowest BCUT2D eigenvalue weighted by molar-refractivity contribution is 0.578. The molecule has 0 bridgehead atoms. The van der Waals surface area contributed by atoms with Gasteiger partial charge in [-0.2, -0.15) is 5.26 Å². The number of hydrogen-bond acceptors (Lipinski definition) is 5. The molecular weight excluding hydrogens is 294 g/mol. The highest BCUT2D eigenvalue weighted by Gasteiger charge is 2.30. The molecule has 0 saturated carbocycles. The first-order chi connectivity index (χ1) is 8.54. The molecule has 1 aromatic heterocycles. The fourth-order valence-corrected chi connectivity index (χ4v) is 4.81. The molecule has 0 fully saturated rings. The minimum absolute atomic E-state index is 0.0824. The molecule has 8 heteroatoms. The van der Waals surface area contributed by atoms with E-state index in [0.717, 1.165) is 3.97 Å². The van der Waals surface area contributed by atoms with Crippen molar-refractivity contribution in [3.8, 4) is 6.07 Å². The Labute approximate surface area is 112 Å². The van der Waals surface area contributed by atoms with Gasteiger partial charge in [0.15, 0.2) is 5.16 Å². The summed E-state index contributed by atoms with van der Waals surface area (Å²) < 4.78 is 25.7. The number of rotatable bonds is 0. The fraction of sp³-hybridized carbons (Fsp3) is 0.